The molecular formula is C49H51N7O6. The average Bonchev–Trinajstić information content (AvgIpc) is 3.85. The summed E-state index contributed by atoms with van der Waals surface area (Å²) in [7, 11) is 3.72. The third kappa shape index (κ3) is 8.08. The van der Waals surface area contributed by atoms with Gasteiger partial charge < -0.3 is 28.9 Å². The van der Waals surface area contributed by atoms with Crippen LogP contribution >= 0.6 is 0 Å². The van der Waals surface area contributed by atoms with Gasteiger partial charge in [-0.25, -0.2) is 4.79 Å². The maximum Gasteiger partial charge on any atom is 0.415 e. The van der Waals surface area contributed by atoms with Crippen molar-refractivity contribution in [2.75, 3.05) is 44.3 Å². The standard InChI is InChI=1S/C49H51N7O6/c1-32-9-15-42(16-10-32)62-49(60)54-18-17-35-24-44(46-26-43(33(2)52(46)4)48(59)56(40-27-50-51(3)30-40)38-11-13-41(57)14-12-38)45(25-37(35)28-54)47(58)55-29-36-8-6-5-7-34(36)23-39(55)31-53-19-21-61-22-20-53/h5-16,24-27,30,39,57H,17-23,28-29,31H2,1-4H3/t39-/m0/s1. The number of ether oxygens (including phenoxy) is 2. The van der Waals surface area contributed by atoms with Crippen molar-refractivity contribution >= 4 is 29.3 Å². The summed E-state index contributed by atoms with van der Waals surface area (Å²) in [6.07, 6.45) is 4.24. The largest absolute Gasteiger partial charge is 0.508 e. The fraction of sp³-hybridized carbons (Fsp3) is 0.306. The van der Waals surface area contributed by atoms with Gasteiger partial charge >= 0.3 is 6.09 Å². The van der Waals surface area contributed by atoms with Crippen LogP contribution in [0.25, 0.3) is 11.3 Å². The molecule has 1 atom stereocenters. The Hall–Kier alpha value is -6.70. The van der Waals surface area contributed by atoms with Crippen LogP contribution in [0.2, 0.25) is 0 Å². The molecule has 4 aromatic carbocycles. The first-order valence-electron chi connectivity index (χ1n) is 21.2. The van der Waals surface area contributed by atoms with Crippen molar-refractivity contribution < 1.29 is 29.0 Å². The van der Waals surface area contributed by atoms with Crippen LogP contribution in [0.5, 0.6) is 11.5 Å². The molecule has 9 rings (SSSR count). The van der Waals surface area contributed by atoms with Crippen LogP contribution in [-0.4, -0.2) is 97.5 Å². The topological polar surface area (TPSA) is 126 Å². The molecule has 0 spiro atoms. The molecule has 13 heteroatoms. The molecule has 0 saturated carbocycles. The molecule has 2 aromatic heterocycles. The Morgan fingerprint density at radius 1 is 0.823 bits per heavy atom. The predicted octanol–water partition coefficient (Wildman–Crippen LogP) is 7.18. The molecule has 1 N–H and O–H groups in total. The van der Waals surface area contributed by atoms with Crippen LogP contribution < -0.4 is 9.64 Å². The van der Waals surface area contributed by atoms with Crippen molar-refractivity contribution in [3.8, 4) is 22.8 Å². The number of carbonyl (C=O) groups excluding carboxylic acids is 3. The minimum Gasteiger partial charge on any atom is -0.508 e. The van der Waals surface area contributed by atoms with Crippen molar-refractivity contribution in [2.24, 2.45) is 14.1 Å². The van der Waals surface area contributed by atoms with Gasteiger partial charge in [-0.1, -0.05) is 42.0 Å². The van der Waals surface area contributed by atoms with Gasteiger partial charge in [0.25, 0.3) is 11.8 Å². The molecule has 0 radical (unpaired) electrons. The van der Waals surface area contributed by atoms with Crippen LogP contribution in [0, 0.1) is 13.8 Å². The first-order chi connectivity index (χ1) is 30.0. The lowest BCUT2D eigenvalue weighted by atomic mass is 9.89. The number of nitrogens with zero attached hydrogens (tertiary/aromatic N) is 7. The zero-order valence-electron chi connectivity index (χ0n) is 35.6. The van der Waals surface area contributed by atoms with Crippen molar-refractivity contribution in [1.29, 1.82) is 0 Å². The highest BCUT2D eigenvalue weighted by Gasteiger charge is 2.35. The van der Waals surface area contributed by atoms with E-state index in [1.807, 2.05) is 60.7 Å². The fourth-order valence-corrected chi connectivity index (χ4v) is 8.95. The van der Waals surface area contributed by atoms with E-state index in [-0.39, 0.29) is 30.2 Å². The zero-order chi connectivity index (χ0) is 43.1. The molecule has 318 valence electrons. The molecule has 1 saturated heterocycles. The highest BCUT2D eigenvalue weighted by atomic mass is 16.6. The molecule has 3 aliphatic heterocycles. The van der Waals surface area contributed by atoms with E-state index >= 15 is 4.79 Å². The molecule has 0 bridgehead atoms. The number of hydrogen-bond acceptors (Lipinski definition) is 8. The van der Waals surface area contributed by atoms with E-state index in [9.17, 15) is 14.7 Å². The quantitative estimate of drug-likeness (QED) is 0.171. The second-order valence-corrected chi connectivity index (χ2v) is 16.6. The lowest BCUT2D eigenvalue weighted by Crippen LogP contribution is -2.52. The van der Waals surface area contributed by atoms with Gasteiger partial charge in [-0.05, 0) is 104 Å². The summed E-state index contributed by atoms with van der Waals surface area (Å²) < 4.78 is 15.1. The van der Waals surface area contributed by atoms with E-state index in [4.69, 9.17) is 9.47 Å². The smallest absolute Gasteiger partial charge is 0.415 e. The van der Waals surface area contributed by atoms with E-state index in [0.717, 1.165) is 58.7 Å². The highest BCUT2D eigenvalue weighted by Crippen LogP contribution is 2.37. The van der Waals surface area contributed by atoms with E-state index in [1.165, 1.54) is 5.56 Å². The molecule has 1 fully saturated rings. The van der Waals surface area contributed by atoms with Crippen LogP contribution in [0.3, 0.4) is 0 Å². The van der Waals surface area contributed by atoms with Gasteiger partial charge in [-0.15, -0.1) is 0 Å². The Morgan fingerprint density at radius 2 is 1.56 bits per heavy atom. The van der Waals surface area contributed by atoms with Gasteiger partial charge in [0, 0.05) is 93.8 Å². The van der Waals surface area contributed by atoms with Gasteiger partial charge in [0.1, 0.15) is 11.5 Å². The second-order valence-electron chi connectivity index (χ2n) is 16.6. The molecule has 3 aliphatic rings. The SMILES string of the molecule is Cc1ccc(OC(=O)N2CCc3cc(-c4cc(C(=O)N(c5ccc(O)cc5)c5cnn(C)c5)c(C)n4C)c(C(=O)N4Cc5ccccc5C[C@H]4CN4CCOCC4)cc3C2)cc1. The minimum atomic E-state index is -0.442. The summed E-state index contributed by atoms with van der Waals surface area (Å²) in [4.78, 5) is 51.6. The number of aromatic hydroxyl groups is 1. The fourth-order valence-electron chi connectivity index (χ4n) is 8.95. The van der Waals surface area contributed by atoms with Gasteiger partial charge in [0.15, 0.2) is 0 Å². The number of carbonyl (C=O) groups is 3. The van der Waals surface area contributed by atoms with Crippen molar-refractivity contribution in [1.82, 2.24) is 29.0 Å². The monoisotopic (exact) mass is 833 g/mol. The number of phenolic OH excluding ortho intramolecular Hbond substituents is 1. The number of benzene rings is 4. The Morgan fingerprint density at radius 3 is 2.29 bits per heavy atom. The van der Waals surface area contributed by atoms with Crippen LogP contribution in [0.4, 0.5) is 16.2 Å². The van der Waals surface area contributed by atoms with Crippen LogP contribution in [0.1, 0.15) is 54.2 Å². The molecular weight excluding hydrogens is 783 g/mol. The Labute approximate surface area is 361 Å². The Bertz CT molecular complexity index is 2640. The molecule has 3 amide bonds. The van der Waals surface area contributed by atoms with Crippen molar-refractivity contribution in [2.45, 2.75) is 45.8 Å². The first kappa shape index (κ1) is 40.7. The van der Waals surface area contributed by atoms with Crippen molar-refractivity contribution in [3.63, 3.8) is 0 Å². The number of rotatable bonds is 8. The number of anilines is 2. The number of aromatic nitrogens is 3. The van der Waals surface area contributed by atoms with E-state index in [2.05, 4.69) is 34.3 Å². The number of phenols is 1. The van der Waals surface area contributed by atoms with E-state index < -0.39 is 6.09 Å². The van der Waals surface area contributed by atoms with Crippen LogP contribution in [-0.2, 0) is 44.8 Å². The Kier molecular flexibility index (Phi) is 11.1. The summed E-state index contributed by atoms with van der Waals surface area (Å²) in [6, 6.07) is 28.1. The summed E-state index contributed by atoms with van der Waals surface area (Å²) in [6.45, 7) is 8.72. The third-order valence-corrected chi connectivity index (χ3v) is 12.6. The highest BCUT2D eigenvalue weighted by molar-refractivity contribution is 6.12. The summed E-state index contributed by atoms with van der Waals surface area (Å²) in [5.41, 5.74) is 9.60. The first-order valence-corrected chi connectivity index (χ1v) is 21.2. The lowest BCUT2D eigenvalue weighted by Gasteiger charge is -2.41. The number of aryl methyl sites for hydroxylation is 2. The molecule has 5 heterocycles. The molecule has 0 unspecified atom stereocenters. The minimum absolute atomic E-state index is 0.0887. The van der Waals surface area contributed by atoms with Gasteiger partial charge in [-0.3, -0.25) is 24.1 Å². The van der Waals surface area contributed by atoms with Crippen LogP contribution in [0.15, 0.2) is 103 Å². The maximum atomic E-state index is 15.5. The average molecular weight is 834 g/mol. The molecule has 0 aliphatic carbocycles. The second kappa shape index (κ2) is 17.0. The van der Waals surface area contributed by atoms with Crippen molar-refractivity contribution in [3.05, 3.63) is 148 Å². The number of fused-ring (bicyclic) bond motifs is 2. The van der Waals surface area contributed by atoms with Gasteiger partial charge in [0.05, 0.1) is 30.7 Å². The third-order valence-electron chi connectivity index (χ3n) is 12.6. The zero-order valence-corrected chi connectivity index (χ0v) is 35.6. The lowest BCUT2D eigenvalue weighted by molar-refractivity contribution is 0.0193. The number of hydrogen-bond donors (Lipinski definition) is 1. The molecule has 6 aromatic rings. The summed E-state index contributed by atoms with van der Waals surface area (Å²) in [5, 5.41) is 14.4. The number of amides is 3. The summed E-state index contributed by atoms with van der Waals surface area (Å²) in [5.74, 6) is 0.176. The van der Waals surface area contributed by atoms with Gasteiger partial charge in [-0.2, -0.15) is 5.10 Å². The Balaban J connectivity index is 1.13. The summed E-state index contributed by atoms with van der Waals surface area (Å²) >= 11 is 0. The van der Waals surface area contributed by atoms with E-state index in [0.29, 0.717) is 67.5 Å². The number of morpholine rings is 1. The maximum absolute atomic E-state index is 15.5. The van der Waals surface area contributed by atoms with E-state index in [1.54, 1.807) is 70.3 Å². The normalized spacial score (nSPS) is 16.4. The molecule has 13 nitrogen and oxygen atoms in total. The molecule has 62 heavy (non-hydrogen) atoms. The van der Waals surface area contributed by atoms with Gasteiger partial charge in [0.2, 0.25) is 0 Å². The predicted molar refractivity (Wildman–Crippen MR) is 236 cm³/mol.